The summed E-state index contributed by atoms with van der Waals surface area (Å²) in [6.45, 7) is 11.5. The molecule has 0 spiro atoms. The van der Waals surface area contributed by atoms with Crippen LogP contribution in [0.1, 0.15) is 30.6 Å². The van der Waals surface area contributed by atoms with Crippen LogP contribution in [-0.4, -0.2) is 75.2 Å². The van der Waals surface area contributed by atoms with Crippen molar-refractivity contribution >= 4 is 17.3 Å². The second-order valence-corrected chi connectivity index (χ2v) is 7.80. The molecule has 31 heavy (non-hydrogen) atoms. The highest BCUT2D eigenvalue weighted by atomic mass is 16.5. The van der Waals surface area contributed by atoms with Crippen LogP contribution < -0.4 is 15.0 Å². The average molecular weight is 425 g/mol. The van der Waals surface area contributed by atoms with Gasteiger partial charge in [0.05, 0.1) is 18.4 Å². The third-order valence-electron chi connectivity index (χ3n) is 5.97. The van der Waals surface area contributed by atoms with E-state index in [1.807, 2.05) is 55.1 Å². The second-order valence-electron chi connectivity index (χ2n) is 7.80. The second kappa shape index (κ2) is 11.6. The number of benzene rings is 2. The van der Waals surface area contributed by atoms with Gasteiger partial charge < -0.3 is 19.9 Å². The molecule has 0 bridgehead atoms. The molecule has 1 saturated heterocycles. The Morgan fingerprint density at radius 3 is 2.39 bits per heavy atom. The topological polar surface area (TPSA) is 48.1 Å². The van der Waals surface area contributed by atoms with Gasteiger partial charge in [0, 0.05) is 51.5 Å². The lowest BCUT2D eigenvalue weighted by atomic mass is 10.1. The van der Waals surface area contributed by atoms with Crippen molar-refractivity contribution in [1.29, 1.82) is 0 Å². The Labute approximate surface area is 186 Å². The van der Waals surface area contributed by atoms with E-state index in [9.17, 15) is 4.79 Å². The van der Waals surface area contributed by atoms with E-state index in [0.29, 0.717) is 0 Å². The first-order valence-electron chi connectivity index (χ1n) is 11.4. The summed E-state index contributed by atoms with van der Waals surface area (Å²) in [5.41, 5.74) is 2.87. The average Bonchev–Trinajstić information content (AvgIpc) is 2.83. The fourth-order valence-electron chi connectivity index (χ4n) is 4.13. The van der Waals surface area contributed by atoms with Gasteiger partial charge in [-0.3, -0.25) is 9.69 Å². The molecule has 1 amide bonds. The molecule has 0 unspecified atom stereocenters. The van der Waals surface area contributed by atoms with Crippen molar-refractivity contribution in [2.45, 2.75) is 20.3 Å². The Morgan fingerprint density at radius 1 is 1.00 bits per heavy atom. The Bertz CT molecular complexity index is 830. The third kappa shape index (κ3) is 5.91. The monoisotopic (exact) mass is 424 g/mol. The summed E-state index contributed by atoms with van der Waals surface area (Å²) in [7, 11) is 1.73. The molecule has 2 aromatic carbocycles. The number of rotatable bonds is 10. The summed E-state index contributed by atoms with van der Waals surface area (Å²) >= 11 is 0. The van der Waals surface area contributed by atoms with E-state index in [2.05, 4.69) is 27.2 Å². The molecule has 3 rings (SSSR count). The maximum absolute atomic E-state index is 12.8. The van der Waals surface area contributed by atoms with Crippen LogP contribution in [0.5, 0.6) is 5.75 Å². The van der Waals surface area contributed by atoms with Crippen molar-refractivity contribution in [2.24, 2.45) is 0 Å². The fraction of sp³-hybridized carbons (Fsp3) is 0.480. The van der Waals surface area contributed by atoms with E-state index in [0.717, 1.165) is 75.8 Å². The summed E-state index contributed by atoms with van der Waals surface area (Å²) < 4.78 is 5.51. The highest BCUT2D eigenvalue weighted by Crippen LogP contribution is 2.28. The van der Waals surface area contributed by atoms with Gasteiger partial charge in [0.25, 0.3) is 5.91 Å². The number of methoxy groups -OCH3 is 1. The molecule has 2 aromatic rings. The van der Waals surface area contributed by atoms with Gasteiger partial charge in [0.2, 0.25) is 0 Å². The van der Waals surface area contributed by atoms with Gasteiger partial charge in [0.1, 0.15) is 5.75 Å². The molecule has 0 radical (unpaired) electrons. The molecule has 0 aromatic heterocycles. The molecule has 0 atom stereocenters. The minimum atomic E-state index is 0.0977. The van der Waals surface area contributed by atoms with Crippen LogP contribution in [0.2, 0.25) is 0 Å². The quantitative estimate of drug-likeness (QED) is 0.588. The maximum Gasteiger partial charge on any atom is 0.255 e. The molecule has 0 saturated carbocycles. The largest absolute Gasteiger partial charge is 0.495 e. The number of ether oxygens (including phenoxy) is 1. The number of piperazine rings is 1. The fourth-order valence-corrected chi connectivity index (χ4v) is 4.13. The first-order chi connectivity index (χ1) is 15.2. The SMILES string of the molecule is CCN(CC)C(=O)c1ccccc1NCCCN1CCN(c2ccccc2OC)CC1. The Kier molecular flexibility index (Phi) is 8.59. The van der Waals surface area contributed by atoms with Crippen LogP contribution in [0.4, 0.5) is 11.4 Å². The lowest BCUT2D eigenvalue weighted by Gasteiger charge is -2.36. The zero-order chi connectivity index (χ0) is 22.1. The van der Waals surface area contributed by atoms with Crippen molar-refractivity contribution in [3.05, 3.63) is 54.1 Å². The number of para-hydroxylation sites is 3. The number of hydrogen-bond acceptors (Lipinski definition) is 5. The van der Waals surface area contributed by atoms with E-state index in [-0.39, 0.29) is 5.91 Å². The summed E-state index contributed by atoms with van der Waals surface area (Å²) in [6.07, 6.45) is 1.04. The predicted octanol–water partition coefficient (Wildman–Crippen LogP) is 3.80. The number of nitrogens with one attached hydrogen (secondary N) is 1. The highest BCUT2D eigenvalue weighted by Gasteiger charge is 2.19. The van der Waals surface area contributed by atoms with Gasteiger partial charge in [0.15, 0.2) is 0 Å². The van der Waals surface area contributed by atoms with Crippen LogP contribution in [0.3, 0.4) is 0 Å². The standard InChI is InChI=1S/C25H36N4O2/c1-4-28(5-2)25(30)21-11-6-7-12-22(21)26-15-10-16-27-17-19-29(20-18-27)23-13-8-9-14-24(23)31-3/h6-9,11-14,26H,4-5,10,15-20H2,1-3H3. The molecule has 1 aliphatic heterocycles. The van der Waals surface area contributed by atoms with Gasteiger partial charge in [-0.15, -0.1) is 0 Å². The summed E-state index contributed by atoms with van der Waals surface area (Å²) in [4.78, 5) is 19.5. The predicted molar refractivity (Wildman–Crippen MR) is 128 cm³/mol. The molecule has 6 nitrogen and oxygen atoms in total. The van der Waals surface area contributed by atoms with Crippen molar-refractivity contribution in [3.63, 3.8) is 0 Å². The third-order valence-corrected chi connectivity index (χ3v) is 5.97. The molecule has 1 fully saturated rings. The Morgan fingerprint density at radius 2 is 1.68 bits per heavy atom. The summed E-state index contributed by atoms with van der Waals surface area (Å²) in [5.74, 6) is 1.04. The summed E-state index contributed by atoms with van der Waals surface area (Å²) in [5, 5.41) is 3.49. The number of anilines is 2. The zero-order valence-corrected chi connectivity index (χ0v) is 19.1. The van der Waals surface area contributed by atoms with Gasteiger partial charge >= 0.3 is 0 Å². The van der Waals surface area contributed by atoms with Crippen LogP contribution in [0, 0.1) is 0 Å². The van der Waals surface area contributed by atoms with Crippen LogP contribution in [-0.2, 0) is 0 Å². The molecule has 6 heteroatoms. The van der Waals surface area contributed by atoms with E-state index < -0.39 is 0 Å². The minimum Gasteiger partial charge on any atom is -0.495 e. The number of hydrogen-bond donors (Lipinski definition) is 1. The summed E-state index contributed by atoms with van der Waals surface area (Å²) in [6, 6.07) is 16.1. The van der Waals surface area contributed by atoms with Gasteiger partial charge in [-0.1, -0.05) is 24.3 Å². The zero-order valence-electron chi connectivity index (χ0n) is 19.1. The van der Waals surface area contributed by atoms with Gasteiger partial charge in [-0.2, -0.15) is 0 Å². The van der Waals surface area contributed by atoms with Crippen molar-refractivity contribution in [3.8, 4) is 5.75 Å². The number of carbonyl (C=O) groups is 1. The molecule has 1 heterocycles. The molecular weight excluding hydrogens is 388 g/mol. The first kappa shape index (κ1) is 22.9. The van der Waals surface area contributed by atoms with Crippen molar-refractivity contribution in [2.75, 3.05) is 69.7 Å². The number of carbonyl (C=O) groups excluding carboxylic acids is 1. The molecule has 1 aliphatic rings. The number of nitrogens with zero attached hydrogens (tertiary/aromatic N) is 3. The van der Waals surface area contributed by atoms with Gasteiger partial charge in [-0.25, -0.2) is 0 Å². The van der Waals surface area contributed by atoms with E-state index in [1.165, 1.54) is 5.69 Å². The smallest absolute Gasteiger partial charge is 0.255 e. The Balaban J connectivity index is 1.45. The van der Waals surface area contributed by atoms with E-state index in [4.69, 9.17) is 4.74 Å². The lowest BCUT2D eigenvalue weighted by molar-refractivity contribution is 0.0774. The lowest BCUT2D eigenvalue weighted by Crippen LogP contribution is -2.47. The minimum absolute atomic E-state index is 0.0977. The van der Waals surface area contributed by atoms with Crippen LogP contribution >= 0.6 is 0 Å². The van der Waals surface area contributed by atoms with Crippen molar-refractivity contribution in [1.82, 2.24) is 9.80 Å². The van der Waals surface area contributed by atoms with Gasteiger partial charge in [-0.05, 0) is 51.1 Å². The highest BCUT2D eigenvalue weighted by molar-refractivity contribution is 5.99. The van der Waals surface area contributed by atoms with Crippen LogP contribution in [0.15, 0.2) is 48.5 Å². The van der Waals surface area contributed by atoms with E-state index in [1.54, 1.807) is 7.11 Å². The first-order valence-corrected chi connectivity index (χ1v) is 11.4. The molecule has 1 N–H and O–H groups in total. The van der Waals surface area contributed by atoms with Crippen LogP contribution in [0.25, 0.3) is 0 Å². The van der Waals surface area contributed by atoms with E-state index >= 15 is 0 Å². The molecule has 168 valence electrons. The maximum atomic E-state index is 12.8. The Hall–Kier alpha value is -2.73. The number of amides is 1. The molecular formula is C25H36N4O2. The molecule has 0 aliphatic carbocycles. The normalized spacial score (nSPS) is 14.4. The van der Waals surface area contributed by atoms with Crippen molar-refractivity contribution < 1.29 is 9.53 Å².